The lowest BCUT2D eigenvalue weighted by Gasteiger charge is -2.36. The smallest absolute Gasteiger partial charge is 0.262 e. The summed E-state index contributed by atoms with van der Waals surface area (Å²) in [6.07, 6.45) is 0. The Balaban J connectivity index is 1.09. The number of halogens is 1. The number of aromatic nitrogens is 2. The van der Waals surface area contributed by atoms with Gasteiger partial charge in [-0.3, -0.25) is 19.0 Å². The third-order valence-electron chi connectivity index (χ3n) is 8.10. The van der Waals surface area contributed by atoms with Gasteiger partial charge in [-0.2, -0.15) is 0 Å². The standard InChI is InChI=1S/C35H30FN5O5S/c36-25-10-12-26(13-11-25)37-32(42)21-47-35-38-29-19-31-30(45-22-46-31)18-28(29)34(44)41(35)20-23-6-8-24(9-7-23)33(43)40-16-14-39(15-17-40)27-4-2-1-3-5-27/h1-13,18-19H,14-17,20-22H2,(H,37,42). The monoisotopic (exact) mass is 651 g/mol. The molecule has 5 aromatic rings. The molecule has 1 fully saturated rings. The third kappa shape index (κ3) is 6.63. The highest BCUT2D eigenvalue weighted by Gasteiger charge is 2.23. The molecule has 4 aromatic carbocycles. The fraction of sp³-hybridized carbons (Fsp3) is 0.200. The number of amides is 2. The van der Waals surface area contributed by atoms with Crippen LogP contribution in [-0.2, 0) is 11.3 Å². The fourth-order valence-corrected chi connectivity index (χ4v) is 6.42. The molecule has 12 heteroatoms. The fourth-order valence-electron chi connectivity index (χ4n) is 5.63. The molecule has 1 N–H and O–H groups in total. The van der Waals surface area contributed by atoms with Crippen LogP contribution in [0.4, 0.5) is 15.8 Å². The van der Waals surface area contributed by atoms with Crippen LogP contribution in [0, 0.1) is 5.82 Å². The molecular formula is C35H30FN5O5S. The molecule has 2 aliphatic rings. The molecule has 1 saturated heterocycles. The summed E-state index contributed by atoms with van der Waals surface area (Å²) in [5, 5.41) is 3.43. The molecular weight excluding hydrogens is 621 g/mol. The lowest BCUT2D eigenvalue weighted by Crippen LogP contribution is -2.48. The Bertz CT molecular complexity index is 2000. The van der Waals surface area contributed by atoms with Crippen LogP contribution >= 0.6 is 11.8 Å². The Hall–Kier alpha value is -5.36. The number of nitrogens with zero attached hydrogens (tertiary/aromatic N) is 4. The predicted molar refractivity (Wildman–Crippen MR) is 178 cm³/mol. The van der Waals surface area contributed by atoms with E-state index in [2.05, 4.69) is 22.3 Å². The Labute approximate surface area is 273 Å². The van der Waals surface area contributed by atoms with Crippen molar-refractivity contribution < 1.29 is 23.5 Å². The summed E-state index contributed by atoms with van der Waals surface area (Å²) in [4.78, 5) is 48.8. The zero-order valence-electron chi connectivity index (χ0n) is 25.2. The van der Waals surface area contributed by atoms with Gasteiger partial charge in [0.15, 0.2) is 16.7 Å². The van der Waals surface area contributed by atoms with Crippen molar-refractivity contribution in [3.05, 3.63) is 118 Å². The molecule has 47 heavy (non-hydrogen) atoms. The molecule has 1 aromatic heterocycles. The van der Waals surface area contributed by atoms with Crippen molar-refractivity contribution in [2.24, 2.45) is 0 Å². The largest absolute Gasteiger partial charge is 0.454 e. The molecule has 0 atom stereocenters. The van der Waals surface area contributed by atoms with Gasteiger partial charge >= 0.3 is 0 Å². The minimum atomic E-state index is -0.401. The molecule has 10 nitrogen and oxygen atoms in total. The number of carbonyl (C=O) groups excluding carboxylic acids is 2. The van der Waals surface area contributed by atoms with Crippen LogP contribution in [0.15, 0.2) is 101 Å². The highest BCUT2D eigenvalue weighted by atomic mass is 32.2. The number of hydrogen-bond acceptors (Lipinski definition) is 8. The van der Waals surface area contributed by atoms with Crippen molar-refractivity contribution in [2.45, 2.75) is 11.7 Å². The molecule has 0 aliphatic carbocycles. The molecule has 0 bridgehead atoms. The number of hydrogen-bond donors (Lipinski definition) is 1. The number of carbonyl (C=O) groups is 2. The van der Waals surface area contributed by atoms with Gasteiger partial charge in [-0.05, 0) is 60.2 Å². The second kappa shape index (κ2) is 13.2. The number of fused-ring (bicyclic) bond motifs is 2. The van der Waals surface area contributed by atoms with Gasteiger partial charge in [0, 0.05) is 49.2 Å². The lowest BCUT2D eigenvalue weighted by molar-refractivity contribution is -0.113. The quantitative estimate of drug-likeness (QED) is 0.185. The van der Waals surface area contributed by atoms with Crippen molar-refractivity contribution in [1.82, 2.24) is 14.5 Å². The normalized spacial score (nSPS) is 14.0. The zero-order chi connectivity index (χ0) is 32.3. The number of thioether (sulfide) groups is 1. The van der Waals surface area contributed by atoms with Crippen molar-refractivity contribution in [3.63, 3.8) is 0 Å². The van der Waals surface area contributed by atoms with Crippen LogP contribution in [0.2, 0.25) is 0 Å². The van der Waals surface area contributed by atoms with Gasteiger partial charge in [0.2, 0.25) is 12.7 Å². The molecule has 2 amide bonds. The zero-order valence-corrected chi connectivity index (χ0v) is 26.0. The summed E-state index contributed by atoms with van der Waals surface area (Å²) < 4.78 is 25.8. The Morgan fingerprint density at radius 1 is 0.872 bits per heavy atom. The van der Waals surface area contributed by atoms with Crippen molar-refractivity contribution in [2.75, 3.05) is 48.9 Å². The highest BCUT2D eigenvalue weighted by molar-refractivity contribution is 7.99. The first-order valence-electron chi connectivity index (χ1n) is 15.1. The van der Waals surface area contributed by atoms with Crippen LogP contribution in [0.3, 0.4) is 0 Å². The van der Waals surface area contributed by atoms with E-state index in [1.807, 2.05) is 35.2 Å². The van der Waals surface area contributed by atoms with E-state index in [4.69, 9.17) is 14.5 Å². The average Bonchev–Trinajstić information content (AvgIpc) is 3.57. The molecule has 0 spiro atoms. The number of anilines is 2. The first kappa shape index (κ1) is 30.3. The van der Waals surface area contributed by atoms with Gasteiger partial charge in [-0.15, -0.1) is 0 Å². The number of benzene rings is 4. The summed E-state index contributed by atoms with van der Waals surface area (Å²) in [6.45, 7) is 2.99. The van der Waals surface area contributed by atoms with E-state index in [9.17, 15) is 18.8 Å². The Kier molecular flexibility index (Phi) is 8.49. The number of para-hydroxylation sites is 1. The molecule has 7 rings (SSSR count). The summed E-state index contributed by atoms with van der Waals surface area (Å²) in [7, 11) is 0. The van der Waals surface area contributed by atoms with Crippen LogP contribution < -0.4 is 25.2 Å². The number of ether oxygens (including phenoxy) is 2. The molecule has 238 valence electrons. The predicted octanol–water partition coefficient (Wildman–Crippen LogP) is 5.01. The summed E-state index contributed by atoms with van der Waals surface area (Å²) in [6, 6.07) is 26.2. The SMILES string of the molecule is O=C(CSc1nc2cc3c(cc2c(=O)n1Cc1ccc(C(=O)N2CCN(c4ccccc4)CC2)cc1)OCO3)Nc1ccc(F)cc1. The summed E-state index contributed by atoms with van der Waals surface area (Å²) in [5.41, 5.74) is 3.10. The maximum Gasteiger partial charge on any atom is 0.262 e. The van der Waals surface area contributed by atoms with E-state index in [0.717, 1.165) is 36.1 Å². The van der Waals surface area contributed by atoms with E-state index in [1.54, 1.807) is 24.3 Å². The first-order valence-corrected chi connectivity index (χ1v) is 16.1. The Morgan fingerprint density at radius 2 is 1.57 bits per heavy atom. The maximum atomic E-state index is 13.8. The minimum absolute atomic E-state index is 0.0340. The second-order valence-electron chi connectivity index (χ2n) is 11.2. The maximum absolute atomic E-state index is 13.8. The number of nitrogens with one attached hydrogen (secondary N) is 1. The molecule has 0 radical (unpaired) electrons. The van der Waals surface area contributed by atoms with Crippen LogP contribution in [0.5, 0.6) is 11.5 Å². The minimum Gasteiger partial charge on any atom is -0.454 e. The topological polar surface area (TPSA) is 106 Å². The number of rotatable bonds is 8. The second-order valence-corrected chi connectivity index (χ2v) is 12.1. The van der Waals surface area contributed by atoms with Gasteiger partial charge in [0.25, 0.3) is 11.5 Å². The van der Waals surface area contributed by atoms with Gasteiger partial charge in [0.05, 0.1) is 23.2 Å². The van der Waals surface area contributed by atoms with Gasteiger partial charge in [-0.25, -0.2) is 9.37 Å². The van der Waals surface area contributed by atoms with Gasteiger partial charge in [-0.1, -0.05) is 42.1 Å². The van der Waals surface area contributed by atoms with Gasteiger partial charge < -0.3 is 24.6 Å². The van der Waals surface area contributed by atoms with E-state index < -0.39 is 5.82 Å². The first-order chi connectivity index (χ1) is 22.9. The van der Waals surface area contributed by atoms with Crippen molar-refractivity contribution >= 4 is 45.9 Å². The van der Waals surface area contributed by atoms with E-state index >= 15 is 0 Å². The van der Waals surface area contributed by atoms with Crippen LogP contribution in [0.1, 0.15) is 15.9 Å². The molecule has 3 heterocycles. The Morgan fingerprint density at radius 3 is 2.30 bits per heavy atom. The highest BCUT2D eigenvalue weighted by Crippen LogP contribution is 2.35. The molecule has 0 saturated carbocycles. The van der Waals surface area contributed by atoms with E-state index in [1.165, 1.54) is 28.8 Å². The third-order valence-corrected chi connectivity index (χ3v) is 9.08. The van der Waals surface area contributed by atoms with Crippen LogP contribution in [-0.4, -0.2) is 65.0 Å². The average molecular weight is 652 g/mol. The van der Waals surface area contributed by atoms with Crippen molar-refractivity contribution in [1.29, 1.82) is 0 Å². The van der Waals surface area contributed by atoms with E-state index in [0.29, 0.717) is 51.9 Å². The lowest BCUT2D eigenvalue weighted by atomic mass is 10.1. The van der Waals surface area contributed by atoms with Gasteiger partial charge in [0.1, 0.15) is 5.82 Å². The number of piperazine rings is 1. The van der Waals surface area contributed by atoms with Crippen molar-refractivity contribution in [3.8, 4) is 11.5 Å². The van der Waals surface area contributed by atoms with E-state index in [-0.39, 0.29) is 36.5 Å². The molecule has 0 unspecified atom stereocenters. The van der Waals surface area contributed by atoms with Crippen LogP contribution in [0.25, 0.3) is 10.9 Å². The molecule has 2 aliphatic heterocycles. The summed E-state index contributed by atoms with van der Waals surface area (Å²) in [5.74, 6) is 0.157. The summed E-state index contributed by atoms with van der Waals surface area (Å²) >= 11 is 1.11.